The Labute approximate surface area is 117 Å². The Balaban J connectivity index is 2.10. The van der Waals surface area contributed by atoms with Crippen molar-refractivity contribution >= 4 is 5.69 Å². The van der Waals surface area contributed by atoms with Gasteiger partial charge in [-0.3, -0.25) is 0 Å². The maximum atomic E-state index is 5.96. The second kappa shape index (κ2) is 4.77. The third-order valence-corrected chi connectivity index (χ3v) is 3.29. The van der Waals surface area contributed by atoms with Crippen LogP contribution in [0.5, 0.6) is 0 Å². The van der Waals surface area contributed by atoms with Crippen LogP contribution in [-0.4, -0.2) is 20.2 Å². The number of benzene rings is 2. The minimum Gasteiger partial charge on any atom is -0.398 e. The van der Waals surface area contributed by atoms with Gasteiger partial charge in [0.2, 0.25) is 0 Å². The summed E-state index contributed by atoms with van der Waals surface area (Å²) in [5, 5.41) is 11.9. The Morgan fingerprint density at radius 2 is 1.75 bits per heavy atom. The zero-order valence-electron chi connectivity index (χ0n) is 11.4. The Morgan fingerprint density at radius 3 is 2.45 bits per heavy atom. The molecule has 2 N–H and O–H groups in total. The molecule has 0 aliphatic carbocycles. The Hall–Kier alpha value is -2.69. The highest BCUT2D eigenvalue weighted by Crippen LogP contribution is 2.23. The standard InChI is InChI=1S/C15H15N5/c1-10-3-7-13(8-4-10)20-15(17-18-19-20)12-6-5-11(2)14(16)9-12/h3-9H,16H2,1-2H3. The first kappa shape index (κ1) is 12.3. The number of rotatable bonds is 2. The van der Waals surface area contributed by atoms with Gasteiger partial charge in [0.25, 0.3) is 0 Å². The summed E-state index contributed by atoms with van der Waals surface area (Å²) in [7, 11) is 0. The molecule has 0 atom stereocenters. The van der Waals surface area contributed by atoms with E-state index in [0.717, 1.165) is 22.5 Å². The Kier molecular flexibility index (Phi) is 2.95. The van der Waals surface area contributed by atoms with Crippen molar-refractivity contribution in [1.82, 2.24) is 20.2 Å². The van der Waals surface area contributed by atoms with Crippen LogP contribution >= 0.6 is 0 Å². The number of anilines is 1. The lowest BCUT2D eigenvalue weighted by Crippen LogP contribution is -2.00. The molecular formula is C15H15N5. The molecule has 0 spiro atoms. The van der Waals surface area contributed by atoms with Crippen LogP contribution < -0.4 is 5.73 Å². The van der Waals surface area contributed by atoms with Crippen LogP contribution in [0.1, 0.15) is 11.1 Å². The third kappa shape index (κ3) is 2.14. The van der Waals surface area contributed by atoms with Crippen molar-refractivity contribution in [3.8, 4) is 17.1 Å². The molecule has 0 amide bonds. The van der Waals surface area contributed by atoms with Gasteiger partial charge in [0.05, 0.1) is 5.69 Å². The summed E-state index contributed by atoms with van der Waals surface area (Å²) in [5.41, 5.74) is 10.8. The van der Waals surface area contributed by atoms with E-state index < -0.39 is 0 Å². The average Bonchev–Trinajstić information content (AvgIpc) is 2.92. The van der Waals surface area contributed by atoms with E-state index in [1.54, 1.807) is 4.68 Å². The molecule has 1 aromatic heterocycles. The van der Waals surface area contributed by atoms with E-state index in [4.69, 9.17) is 5.73 Å². The second-order valence-electron chi connectivity index (χ2n) is 4.82. The molecule has 0 saturated carbocycles. The predicted molar refractivity (Wildman–Crippen MR) is 78.5 cm³/mol. The van der Waals surface area contributed by atoms with Gasteiger partial charge in [-0.05, 0) is 48.0 Å². The summed E-state index contributed by atoms with van der Waals surface area (Å²) >= 11 is 0. The lowest BCUT2D eigenvalue weighted by atomic mass is 10.1. The van der Waals surface area contributed by atoms with Gasteiger partial charge >= 0.3 is 0 Å². The number of aryl methyl sites for hydroxylation is 2. The molecule has 0 aliphatic rings. The van der Waals surface area contributed by atoms with Crippen molar-refractivity contribution in [2.45, 2.75) is 13.8 Å². The molecule has 5 heteroatoms. The number of nitrogens with two attached hydrogens (primary N) is 1. The quantitative estimate of drug-likeness (QED) is 0.723. The zero-order chi connectivity index (χ0) is 14.1. The number of hydrogen-bond donors (Lipinski definition) is 1. The molecule has 0 fully saturated rings. The molecule has 1 heterocycles. The smallest absolute Gasteiger partial charge is 0.187 e. The molecule has 0 aliphatic heterocycles. The minimum absolute atomic E-state index is 0.681. The van der Waals surface area contributed by atoms with E-state index in [0.29, 0.717) is 5.82 Å². The summed E-state index contributed by atoms with van der Waals surface area (Å²) in [6, 6.07) is 13.9. The summed E-state index contributed by atoms with van der Waals surface area (Å²) in [4.78, 5) is 0. The summed E-state index contributed by atoms with van der Waals surface area (Å²) in [6.45, 7) is 4.02. The molecule has 0 bridgehead atoms. The fourth-order valence-corrected chi connectivity index (χ4v) is 2.01. The van der Waals surface area contributed by atoms with Crippen LogP contribution in [0.15, 0.2) is 42.5 Å². The molecule has 0 unspecified atom stereocenters. The fraction of sp³-hybridized carbons (Fsp3) is 0.133. The van der Waals surface area contributed by atoms with Gasteiger partial charge in [-0.25, -0.2) is 0 Å². The summed E-state index contributed by atoms with van der Waals surface area (Å²) in [6.07, 6.45) is 0. The average molecular weight is 265 g/mol. The highest BCUT2D eigenvalue weighted by atomic mass is 15.5. The Bertz CT molecular complexity index is 743. The van der Waals surface area contributed by atoms with Crippen LogP contribution in [0.2, 0.25) is 0 Å². The van der Waals surface area contributed by atoms with Crippen LogP contribution in [0, 0.1) is 13.8 Å². The molecular weight excluding hydrogens is 250 g/mol. The fourth-order valence-electron chi connectivity index (χ4n) is 2.01. The van der Waals surface area contributed by atoms with Gasteiger partial charge in [-0.2, -0.15) is 4.68 Å². The van der Waals surface area contributed by atoms with Gasteiger partial charge in [-0.1, -0.05) is 29.8 Å². The normalized spacial score (nSPS) is 10.7. The SMILES string of the molecule is Cc1ccc(-n2nnnc2-c2ccc(C)c(N)c2)cc1. The van der Waals surface area contributed by atoms with Gasteiger partial charge in [-0.15, -0.1) is 5.10 Å². The van der Waals surface area contributed by atoms with Crippen LogP contribution in [0.4, 0.5) is 5.69 Å². The van der Waals surface area contributed by atoms with E-state index in [1.165, 1.54) is 5.56 Å². The molecule has 0 radical (unpaired) electrons. The van der Waals surface area contributed by atoms with Crippen molar-refractivity contribution in [1.29, 1.82) is 0 Å². The number of aromatic nitrogens is 4. The van der Waals surface area contributed by atoms with Crippen molar-refractivity contribution in [2.75, 3.05) is 5.73 Å². The van der Waals surface area contributed by atoms with E-state index in [9.17, 15) is 0 Å². The van der Waals surface area contributed by atoms with E-state index in [1.807, 2.05) is 56.3 Å². The van der Waals surface area contributed by atoms with Gasteiger partial charge < -0.3 is 5.73 Å². The molecule has 5 nitrogen and oxygen atoms in total. The summed E-state index contributed by atoms with van der Waals surface area (Å²) in [5.74, 6) is 0.681. The minimum atomic E-state index is 0.681. The van der Waals surface area contributed by atoms with Crippen molar-refractivity contribution in [3.05, 3.63) is 53.6 Å². The van der Waals surface area contributed by atoms with Crippen molar-refractivity contribution in [2.24, 2.45) is 0 Å². The van der Waals surface area contributed by atoms with Gasteiger partial charge in [0.1, 0.15) is 0 Å². The molecule has 3 aromatic rings. The largest absolute Gasteiger partial charge is 0.398 e. The van der Waals surface area contributed by atoms with Crippen LogP contribution in [0.3, 0.4) is 0 Å². The number of tetrazole rings is 1. The third-order valence-electron chi connectivity index (χ3n) is 3.29. The van der Waals surface area contributed by atoms with E-state index >= 15 is 0 Å². The van der Waals surface area contributed by atoms with Crippen LogP contribution in [-0.2, 0) is 0 Å². The predicted octanol–water partition coefficient (Wildman–Crippen LogP) is 2.53. The van der Waals surface area contributed by atoms with Crippen LogP contribution in [0.25, 0.3) is 17.1 Å². The number of nitrogen functional groups attached to an aromatic ring is 1. The van der Waals surface area contributed by atoms with Gasteiger partial charge in [0.15, 0.2) is 5.82 Å². The maximum absolute atomic E-state index is 5.96. The number of nitrogens with zero attached hydrogens (tertiary/aromatic N) is 4. The Morgan fingerprint density at radius 1 is 1.00 bits per heavy atom. The van der Waals surface area contributed by atoms with E-state index in [-0.39, 0.29) is 0 Å². The van der Waals surface area contributed by atoms with Gasteiger partial charge in [0, 0.05) is 11.3 Å². The molecule has 0 saturated heterocycles. The summed E-state index contributed by atoms with van der Waals surface area (Å²) < 4.78 is 1.71. The molecule has 2 aromatic carbocycles. The zero-order valence-corrected chi connectivity index (χ0v) is 11.4. The topological polar surface area (TPSA) is 69.6 Å². The monoisotopic (exact) mass is 265 g/mol. The molecule has 3 rings (SSSR count). The molecule has 20 heavy (non-hydrogen) atoms. The van der Waals surface area contributed by atoms with Crippen molar-refractivity contribution < 1.29 is 0 Å². The lowest BCUT2D eigenvalue weighted by molar-refractivity contribution is 0.791. The maximum Gasteiger partial charge on any atom is 0.187 e. The first-order valence-electron chi connectivity index (χ1n) is 6.37. The lowest BCUT2D eigenvalue weighted by Gasteiger charge is -2.06. The first-order valence-corrected chi connectivity index (χ1v) is 6.37. The van der Waals surface area contributed by atoms with E-state index in [2.05, 4.69) is 15.5 Å². The number of hydrogen-bond acceptors (Lipinski definition) is 4. The molecule has 100 valence electrons. The first-order chi connectivity index (χ1) is 9.65. The highest BCUT2D eigenvalue weighted by Gasteiger charge is 2.11. The second-order valence-corrected chi connectivity index (χ2v) is 4.82. The van der Waals surface area contributed by atoms with Crippen molar-refractivity contribution in [3.63, 3.8) is 0 Å². The highest BCUT2D eigenvalue weighted by molar-refractivity contribution is 5.64.